The molecule has 0 aromatic heterocycles. The summed E-state index contributed by atoms with van der Waals surface area (Å²) >= 11 is 0. The maximum atomic E-state index is 11.9. The number of benzene rings is 2. The fourth-order valence-corrected chi connectivity index (χ4v) is 2.37. The van der Waals surface area contributed by atoms with Crippen LogP contribution in [-0.2, 0) is 22.6 Å². The SMILES string of the molecule is COc1ccc(COC(=O)N/N=C(\C)CC(=O)NCCc2ccccc2)cc1. The van der Waals surface area contributed by atoms with Gasteiger partial charge in [0.2, 0.25) is 5.91 Å². The molecule has 2 N–H and O–H groups in total. The van der Waals surface area contributed by atoms with Gasteiger partial charge in [-0.25, -0.2) is 10.2 Å². The van der Waals surface area contributed by atoms with Gasteiger partial charge in [0.15, 0.2) is 0 Å². The largest absolute Gasteiger partial charge is 0.497 e. The van der Waals surface area contributed by atoms with E-state index >= 15 is 0 Å². The molecule has 0 bridgehead atoms. The molecule has 0 aliphatic rings. The number of hydrogen-bond acceptors (Lipinski definition) is 5. The minimum atomic E-state index is -0.681. The highest BCUT2D eigenvalue weighted by Gasteiger charge is 2.06. The van der Waals surface area contributed by atoms with Crippen LogP contribution in [0.4, 0.5) is 4.79 Å². The van der Waals surface area contributed by atoms with E-state index in [4.69, 9.17) is 9.47 Å². The van der Waals surface area contributed by atoms with E-state index in [1.807, 2.05) is 30.3 Å². The van der Waals surface area contributed by atoms with Gasteiger partial charge < -0.3 is 14.8 Å². The number of methoxy groups -OCH3 is 1. The average molecular weight is 383 g/mol. The zero-order chi connectivity index (χ0) is 20.2. The summed E-state index contributed by atoms with van der Waals surface area (Å²) in [6, 6.07) is 17.1. The van der Waals surface area contributed by atoms with Crippen molar-refractivity contribution in [2.45, 2.75) is 26.4 Å². The summed E-state index contributed by atoms with van der Waals surface area (Å²) in [5.41, 5.74) is 4.76. The smallest absolute Gasteiger partial charge is 0.428 e. The van der Waals surface area contributed by atoms with Crippen LogP contribution in [0.2, 0.25) is 0 Å². The fraction of sp³-hybridized carbons (Fsp3) is 0.286. The van der Waals surface area contributed by atoms with E-state index in [-0.39, 0.29) is 18.9 Å². The highest BCUT2D eigenvalue weighted by Crippen LogP contribution is 2.11. The molecule has 0 atom stereocenters. The van der Waals surface area contributed by atoms with Crippen molar-refractivity contribution in [1.29, 1.82) is 0 Å². The Bertz CT molecular complexity index is 789. The minimum Gasteiger partial charge on any atom is -0.497 e. The summed E-state index contributed by atoms with van der Waals surface area (Å²) in [5, 5.41) is 6.71. The predicted octanol–water partition coefficient (Wildman–Crippen LogP) is 3.05. The lowest BCUT2D eigenvalue weighted by Gasteiger charge is -2.07. The first-order chi connectivity index (χ1) is 13.6. The summed E-state index contributed by atoms with van der Waals surface area (Å²) in [5.74, 6) is 0.584. The van der Waals surface area contributed by atoms with Gasteiger partial charge in [0.05, 0.1) is 13.5 Å². The van der Waals surface area contributed by atoms with Crippen LogP contribution in [0.5, 0.6) is 5.75 Å². The molecule has 0 unspecified atom stereocenters. The zero-order valence-corrected chi connectivity index (χ0v) is 16.1. The molecule has 0 saturated heterocycles. The lowest BCUT2D eigenvalue weighted by Crippen LogP contribution is -2.28. The molecule has 2 amide bonds. The van der Waals surface area contributed by atoms with E-state index in [2.05, 4.69) is 15.8 Å². The molecule has 0 radical (unpaired) electrons. The van der Waals surface area contributed by atoms with E-state index in [0.717, 1.165) is 23.3 Å². The molecule has 7 nitrogen and oxygen atoms in total. The van der Waals surface area contributed by atoms with Crippen LogP contribution in [0.1, 0.15) is 24.5 Å². The molecule has 0 aliphatic carbocycles. The number of hydrazone groups is 1. The van der Waals surface area contributed by atoms with Gasteiger partial charge in [-0.05, 0) is 36.6 Å². The van der Waals surface area contributed by atoms with Crippen LogP contribution >= 0.6 is 0 Å². The Labute approximate surface area is 164 Å². The van der Waals surface area contributed by atoms with E-state index in [1.165, 1.54) is 0 Å². The summed E-state index contributed by atoms with van der Waals surface area (Å²) in [4.78, 5) is 23.6. The second-order valence-corrected chi connectivity index (χ2v) is 6.15. The molecule has 7 heteroatoms. The van der Waals surface area contributed by atoms with Gasteiger partial charge in [-0.3, -0.25) is 4.79 Å². The highest BCUT2D eigenvalue weighted by molar-refractivity contribution is 6.00. The minimum absolute atomic E-state index is 0.105. The monoisotopic (exact) mass is 383 g/mol. The van der Waals surface area contributed by atoms with Crippen molar-refractivity contribution in [3.63, 3.8) is 0 Å². The van der Waals surface area contributed by atoms with Gasteiger partial charge in [0.25, 0.3) is 0 Å². The normalized spacial score (nSPS) is 10.9. The molecule has 2 rings (SSSR count). The fourth-order valence-electron chi connectivity index (χ4n) is 2.37. The number of amides is 2. The van der Waals surface area contributed by atoms with Crippen molar-refractivity contribution in [3.05, 3.63) is 65.7 Å². The quantitative estimate of drug-likeness (QED) is 0.514. The maximum absolute atomic E-state index is 11.9. The predicted molar refractivity (Wildman–Crippen MR) is 107 cm³/mol. The summed E-state index contributed by atoms with van der Waals surface area (Å²) in [6.07, 6.45) is 0.186. The molecule has 0 heterocycles. The van der Waals surface area contributed by atoms with Crippen molar-refractivity contribution in [2.24, 2.45) is 5.10 Å². The van der Waals surface area contributed by atoms with Crippen molar-refractivity contribution >= 4 is 17.7 Å². The van der Waals surface area contributed by atoms with Crippen molar-refractivity contribution in [1.82, 2.24) is 10.7 Å². The maximum Gasteiger partial charge on any atom is 0.428 e. The third kappa shape index (κ3) is 7.90. The zero-order valence-electron chi connectivity index (χ0n) is 16.1. The Kier molecular flexibility index (Phi) is 8.52. The van der Waals surface area contributed by atoms with Crippen LogP contribution in [0.3, 0.4) is 0 Å². The van der Waals surface area contributed by atoms with Crippen LogP contribution < -0.4 is 15.5 Å². The second kappa shape index (κ2) is 11.4. The Morgan fingerprint density at radius 3 is 2.39 bits per heavy atom. The molecule has 0 saturated carbocycles. The topological polar surface area (TPSA) is 89.0 Å². The van der Waals surface area contributed by atoms with E-state index in [1.54, 1.807) is 38.3 Å². The van der Waals surface area contributed by atoms with Crippen molar-refractivity contribution in [2.75, 3.05) is 13.7 Å². The number of hydrogen-bond donors (Lipinski definition) is 2. The van der Waals surface area contributed by atoms with Gasteiger partial charge in [0.1, 0.15) is 12.4 Å². The first kappa shape index (κ1) is 21.0. The third-order valence-corrected chi connectivity index (χ3v) is 3.86. The van der Waals surface area contributed by atoms with Gasteiger partial charge in [-0.15, -0.1) is 0 Å². The molecule has 2 aromatic rings. The van der Waals surface area contributed by atoms with Gasteiger partial charge in [-0.2, -0.15) is 5.10 Å². The van der Waals surface area contributed by atoms with Gasteiger partial charge in [-0.1, -0.05) is 42.5 Å². The third-order valence-electron chi connectivity index (χ3n) is 3.86. The van der Waals surface area contributed by atoms with Gasteiger partial charge in [0, 0.05) is 12.3 Å². The number of carbonyl (C=O) groups is 2. The van der Waals surface area contributed by atoms with E-state index in [9.17, 15) is 9.59 Å². The molecular formula is C21H25N3O4. The highest BCUT2D eigenvalue weighted by atomic mass is 16.6. The number of carbonyl (C=O) groups excluding carboxylic acids is 2. The Hall–Kier alpha value is -3.35. The number of nitrogens with zero attached hydrogens (tertiary/aromatic N) is 1. The Balaban J connectivity index is 1.64. The molecule has 0 spiro atoms. The van der Waals surface area contributed by atoms with Crippen molar-refractivity contribution < 1.29 is 19.1 Å². The molecule has 2 aromatic carbocycles. The molecule has 0 fully saturated rings. The summed E-state index contributed by atoms with van der Waals surface area (Å²) in [6.45, 7) is 2.33. The molecule has 28 heavy (non-hydrogen) atoms. The van der Waals surface area contributed by atoms with Crippen LogP contribution in [0.15, 0.2) is 59.7 Å². The first-order valence-electron chi connectivity index (χ1n) is 8.96. The Morgan fingerprint density at radius 1 is 1.00 bits per heavy atom. The summed E-state index contributed by atoms with van der Waals surface area (Å²) < 4.78 is 10.1. The molecule has 148 valence electrons. The number of ether oxygens (including phenoxy) is 2. The lowest BCUT2D eigenvalue weighted by atomic mass is 10.1. The molecular weight excluding hydrogens is 358 g/mol. The van der Waals surface area contributed by atoms with Crippen LogP contribution in [0, 0.1) is 0 Å². The molecule has 0 aliphatic heterocycles. The van der Waals surface area contributed by atoms with Crippen LogP contribution in [-0.4, -0.2) is 31.4 Å². The average Bonchev–Trinajstić information content (AvgIpc) is 2.72. The number of nitrogens with one attached hydrogen (secondary N) is 2. The lowest BCUT2D eigenvalue weighted by molar-refractivity contribution is -0.119. The van der Waals surface area contributed by atoms with E-state index < -0.39 is 6.09 Å². The Morgan fingerprint density at radius 2 is 1.71 bits per heavy atom. The standard InChI is InChI=1S/C21H25N3O4/c1-16(14-20(25)22-13-12-17-6-4-3-5-7-17)23-24-21(26)28-15-18-8-10-19(27-2)11-9-18/h3-11H,12-15H2,1-2H3,(H,22,25)(H,24,26)/b23-16+. The first-order valence-corrected chi connectivity index (χ1v) is 8.96. The van der Waals surface area contributed by atoms with Crippen LogP contribution in [0.25, 0.3) is 0 Å². The van der Waals surface area contributed by atoms with E-state index in [0.29, 0.717) is 12.3 Å². The van der Waals surface area contributed by atoms with Crippen molar-refractivity contribution in [3.8, 4) is 5.75 Å². The number of rotatable bonds is 9. The second-order valence-electron chi connectivity index (χ2n) is 6.15. The van der Waals surface area contributed by atoms with Gasteiger partial charge >= 0.3 is 6.09 Å². The summed E-state index contributed by atoms with van der Waals surface area (Å²) in [7, 11) is 1.59.